The Labute approximate surface area is 68.2 Å². The molecule has 0 spiro atoms. The minimum Gasteiger partial charge on any atom is -0.244 e. The van der Waals surface area contributed by atoms with Crippen molar-refractivity contribution in [2.75, 3.05) is 0 Å². The van der Waals surface area contributed by atoms with Crippen LogP contribution in [0.4, 0.5) is 4.39 Å². The van der Waals surface area contributed by atoms with Crippen molar-refractivity contribution in [2.45, 2.75) is 45.2 Å². The predicted octanol–water partition coefficient (Wildman–Crippen LogP) is 3.17. The zero-order chi connectivity index (χ0) is 8.06. The lowest BCUT2D eigenvalue weighted by Gasteiger charge is -2.30. The molecule has 0 amide bonds. The molecule has 11 heavy (non-hydrogen) atoms. The van der Waals surface area contributed by atoms with Crippen LogP contribution in [0.1, 0.15) is 39.5 Å². The molecule has 3 rings (SSSR count). The molecule has 1 heteroatoms. The number of halogens is 1. The van der Waals surface area contributed by atoms with Crippen LogP contribution in [0.3, 0.4) is 0 Å². The van der Waals surface area contributed by atoms with Crippen molar-refractivity contribution >= 4 is 0 Å². The second-order valence-corrected chi connectivity index (χ2v) is 4.91. The first-order valence-corrected chi connectivity index (χ1v) is 4.78. The molecule has 0 aliphatic heterocycles. The van der Waals surface area contributed by atoms with Gasteiger partial charge in [-0.2, -0.15) is 0 Å². The van der Waals surface area contributed by atoms with E-state index in [-0.39, 0.29) is 0 Å². The average Bonchev–Trinajstić information content (AvgIpc) is 2.17. The Morgan fingerprint density at radius 1 is 1.36 bits per heavy atom. The summed E-state index contributed by atoms with van der Waals surface area (Å²) in [5.74, 6) is 2.23. The first kappa shape index (κ1) is 7.57. The van der Waals surface area contributed by atoms with Crippen molar-refractivity contribution < 1.29 is 4.39 Å². The van der Waals surface area contributed by atoms with Gasteiger partial charge in [0.25, 0.3) is 0 Å². The topological polar surface area (TPSA) is 0 Å². The summed E-state index contributed by atoms with van der Waals surface area (Å²) in [5.41, 5.74) is -0.704. The maximum absolute atomic E-state index is 13.4. The van der Waals surface area contributed by atoms with Crippen LogP contribution < -0.4 is 0 Å². The summed E-state index contributed by atoms with van der Waals surface area (Å²) in [6.07, 6.45) is 3.88. The van der Waals surface area contributed by atoms with Crippen LogP contribution in [0.25, 0.3) is 0 Å². The highest BCUT2D eigenvalue weighted by Crippen LogP contribution is 2.59. The van der Waals surface area contributed by atoms with E-state index in [9.17, 15) is 4.39 Å². The monoisotopic (exact) mass is 156 g/mol. The molecule has 2 bridgehead atoms. The van der Waals surface area contributed by atoms with Gasteiger partial charge in [-0.25, -0.2) is 4.39 Å². The Hall–Kier alpha value is -0.0700. The van der Waals surface area contributed by atoms with Crippen molar-refractivity contribution in [2.24, 2.45) is 17.8 Å². The molecule has 3 aliphatic rings. The van der Waals surface area contributed by atoms with E-state index in [1.165, 1.54) is 6.42 Å². The molecule has 0 radical (unpaired) electrons. The molecule has 3 saturated carbocycles. The summed E-state index contributed by atoms with van der Waals surface area (Å²) in [5, 5.41) is 0. The molecule has 3 fully saturated rings. The molecule has 0 aromatic heterocycles. The number of hydrogen-bond donors (Lipinski definition) is 0. The first-order chi connectivity index (χ1) is 5.09. The third-order valence-electron chi connectivity index (χ3n) is 3.32. The lowest BCUT2D eigenvalue weighted by molar-refractivity contribution is 0.0732. The van der Waals surface area contributed by atoms with Crippen LogP contribution in [-0.2, 0) is 0 Å². The van der Waals surface area contributed by atoms with E-state index in [1.54, 1.807) is 0 Å². The first-order valence-electron chi connectivity index (χ1n) is 4.78. The molecular formula is C10H17F. The quantitative estimate of drug-likeness (QED) is 0.576. The van der Waals surface area contributed by atoms with Gasteiger partial charge in [0.1, 0.15) is 5.67 Å². The summed E-state index contributed by atoms with van der Waals surface area (Å²) >= 11 is 0. The second-order valence-electron chi connectivity index (χ2n) is 4.91. The van der Waals surface area contributed by atoms with Gasteiger partial charge in [-0.15, -0.1) is 0 Å². The van der Waals surface area contributed by atoms with Crippen molar-refractivity contribution in [1.82, 2.24) is 0 Å². The SMILES string of the molecule is CC(C)CC1CC2(F)CC1C2. The van der Waals surface area contributed by atoms with E-state index < -0.39 is 5.67 Å². The van der Waals surface area contributed by atoms with E-state index in [1.807, 2.05) is 0 Å². The summed E-state index contributed by atoms with van der Waals surface area (Å²) < 4.78 is 13.4. The lowest BCUT2D eigenvalue weighted by Crippen LogP contribution is -2.29. The third kappa shape index (κ3) is 1.19. The fraction of sp³-hybridized carbons (Fsp3) is 1.00. The number of rotatable bonds is 2. The van der Waals surface area contributed by atoms with Crippen molar-refractivity contribution in [3.63, 3.8) is 0 Å². The van der Waals surface area contributed by atoms with E-state index in [0.717, 1.165) is 37.0 Å². The van der Waals surface area contributed by atoms with Crippen molar-refractivity contribution in [3.8, 4) is 0 Å². The molecule has 1 atom stereocenters. The van der Waals surface area contributed by atoms with Gasteiger partial charge >= 0.3 is 0 Å². The highest BCUT2D eigenvalue weighted by molar-refractivity contribution is 5.06. The number of fused-ring (bicyclic) bond motifs is 1. The predicted molar refractivity (Wildman–Crippen MR) is 44.1 cm³/mol. The van der Waals surface area contributed by atoms with Crippen LogP contribution in [-0.4, -0.2) is 5.67 Å². The largest absolute Gasteiger partial charge is 0.244 e. The molecule has 0 heterocycles. The third-order valence-corrected chi connectivity index (χ3v) is 3.32. The van der Waals surface area contributed by atoms with Gasteiger partial charge in [0.2, 0.25) is 0 Å². The van der Waals surface area contributed by atoms with Gasteiger partial charge in [0, 0.05) is 0 Å². The molecular weight excluding hydrogens is 139 g/mol. The van der Waals surface area contributed by atoms with Crippen LogP contribution in [0.2, 0.25) is 0 Å². The van der Waals surface area contributed by atoms with Crippen LogP contribution in [0.15, 0.2) is 0 Å². The molecule has 64 valence electrons. The molecule has 1 unspecified atom stereocenters. The van der Waals surface area contributed by atoms with Crippen LogP contribution in [0.5, 0.6) is 0 Å². The van der Waals surface area contributed by atoms with Gasteiger partial charge in [-0.05, 0) is 43.4 Å². The molecule has 3 aliphatic carbocycles. The van der Waals surface area contributed by atoms with Crippen LogP contribution >= 0.6 is 0 Å². The average molecular weight is 156 g/mol. The molecule has 0 N–H and O–H groups in total. The van der Waals surface area contributed by atoms with Crippen molar-refractivity contribution in [3.05, 3.63) is 0 Å². The van der Waals surface area contributed by atoms with Gasteiger partial charge in [0.05, 0.1) is 0 Å². The lowest BCUT2D eigenvalue weighted by atomic mass is 9.79. The Morgan fingerprint density at radius 3 is 2.36 bits per heavy atom. The maximum atomic E-state index is 13.4. The summed E-state index contributed by atoms with van der Waals surface area (Å²) in [7, 11) is 0. The summed E-state index contributed by atoms with van der Waals surface area (Å²) in [6, 6.07) is 0. The molecule has 0 saturated heterocycles. The normalized spacial score (nSPS) is 48.0. The van der Waals surface area contributed by atoms with Crippen molar-refractivity contribution in [1.29, 1.82) is 0 Å². The zero-order valence-corrected chi connectivity index (χ0v) is 7.44. The summed E-state index contributed by atoms with van der Waals surface area (Å²) in [4.78, 5) is 0. The van der Waals surface area contributed by atoms with E-state index in [4.69, 9.17) is 0 Å². The maximum Gasteiger partial charge on any atom is 0.111 e. The minimum atomic E-state index is -0.704. The van der Waals surface area contributed by atoms with Crippen LogP contribution in [0, 0.1) is 17.8 Å². The van der Waals surface area contributed by atoms with Gasteiger partial charge < -0.3 is 0 Å². The number of hydrogen-bond acceptors (Lipinski definition) is 0. The highest BCUT2D eigenvalue weighted by Gasteiger charge is 2.56. The minimum absolute atomic E-state index is 0.704. The summed E-state index contributed by atoms with van der Waals surface area (Å²) in [6.45, 7) is 4.47. The smallest absolute Gasteiger partial charge is 0.111 e. The van der Waals surface area contributed by atoms with Gasteiger partial charge in [0.15, 0.2) is 0 Å². The highest BCUT2D eigenvalue weighted by atomic mass is 19.1. The van der Waals surface area contributed by atoms with Gasteiger partial charge in [-0.1, -0.05) is 13.8 Å². The van der Waals surface area contributed by atoms with E-state index >= 15 is 0 Å². The van der Waals surface area contributed by atoms with E-state index in [2.05, 4.69) is 13.8 Å². The Balaban J connectivity index is 1.90. The van der Waals surface area contributed by atoms with E-state index in [0.29, 0.717) is 0 Å². The fourth-order valence-corrected chi connectivity index (χ4v) is 2.90. The van der Waals surface area contributed by atoms with Gasteiger partial charge in [-0.3, -0.25) is 0 Å². The zero-order valence-electron chi connectivity index (χ0n) is 7.44. The molecule has 0 aromatic rings. The molecule has 0 aromatic carbocycles. The standard InChI is InChI=1S/C10H17F/c1-7(2)3-8-4-10(11)5-9(8)6-10/h7-9H,3-6H2,1-2H3. The fourth-order valence-electron chi connectivity index (χ4n) is 2.90. The number of alkyl halides is 1. The Morgan fingerprint density at radius 2 is 2.00 bits per heavy atom. The second kappa shape index (κ2) is 2.21. The Kier molecular flexibility index (Phi) is 1.52. The Bertz CT molecular complexity index is 156. The molecule has 0 nitrogen and oxygen atoms in total.